The number of carbonyl (C=O) groups excluding carboxylic acids is 5. The molecule has 6 N–H and O–H groups in total. The first kappa shape index (κ1) is 26.4. The van der Waals surface area contributed by atoms with Gasteiger partial charge in [-0.1, -0.05) is 27.2 Å². The Morgan fingerprint density at radius 2 is 1.34 bits per heavy atom. The normalized spacial score (nSPS) is 14.7. The third-order valence-corrected chi connectivity index (χ3v) is 4.60. The number of unbranched alkanes of at least 4 members (excludes halogenated alkanes) is 1. The number of nitrogens with one attached hydrogen (secondary N) is 4. The number of hydrogen-bond acceptors (Lipinski definition) is 5. The summed E-state index contributed by atoms with van der Waals surface area (Å²) in [5, 5.41) is 10.3. The summed E-state index contributed by atoms with van der Waals surface area (Å²) in [7, 11) is 0. The van der Waals surface area contributed by atoms with E-state index in [1.165, 1.54) is 13.8 Å². The van der Waals surface area contributed by atoms with E-state index in [1.807, 2.05) is 6.92 Å². The largest absolute Gasteiger partial charge is 0.369 e. The molecule has 29 heavy (non-hydrogen) atoms. The summed E-state index contributed by atoms with van der Waals surface area (Å²) in [5.74, 6) is -4.86. The van der Waals surface area contributed by atoms with Crippen molar-refractivity contribution >= 4 is 29.5 Å². The molecule has 5 amide bonds. The summed E-state index contributed by atoms with van der Waals surface area (Å²) in [6.45, 7) is 7.59. The van der Waals surface area contributed by atoms with Crippen LogP contribution in [0.25, 0.3) is 0 Å². The number of hydrogen-bond donors (Lipinski definition) is 5. The van der Waals surface area contributed by atoms with Crippen molar-refractivity contribution in [1.29, 1.82) is 0 Å². The van der Waals surface area contributed by atoms with Crippen LogP contribution in [0.5, 0.6) is 0 Å². The molecular weight excluding hydrogens is 378 g/mol. The Labute approximate surface area is 172 Å². The van der Waals surface area contributed by atoms with E-state index in [-0.39, 0.29) is 25.8 Å². The van der Waals surface area contributed by atoms with Crippen molar-refractivity contribution in [3.05, 3.63) is 0 Å². The highest BCUT2D eigenvalue weighted by molar-refractivity contribution is 5.90. The Hall–Kier alpha value is -2.65. The van der Waals surface area contributed by atoms with Crippen molar-refractivity contribution in [3.8, 4) is 0 Å². The predicted octanol–water partition coefficient (Wildman–Crippen LogP) is 0.0168. The molecule has 0 bridgehead atoms. The van der Waals surface area contributed by atoms with Gasteiger partial charge in [0.05, 0.1) is 0 Å². The molecule has 0 saturated heterocycles. The Morgan fingerprint density at radius 3 is 1.76 bits per heavy atom. The standard InChI is InChI=1S/C19H35N5O5/c1-6-9-11-16(28)24-19(22-14(26)8-3,23-15(27)10-7-2)18(5,17(20)29)12-21-13(4)25/h6-12H2,1-5H3,(H2,20,29)(H,21,25)(H,22,26)(H,23,27)(H,24,28). The van der Waals surface area contributed by atoms with Crippen LogP contribution in [0, 0.1) is 5.41 Å². The van der Waals surface area contributed by atoms with Crippen molar-refractivity contribution < 1.29 is 24.0 Å². The van der Waals surface area contributed by atoms with Crippen LogP contribution in [0.4, 0.5) is 0 Å². The zero-order chi connectivity index (χ0) is 22.7. The smallest absolute Gasteiger partial charge is 0.231 e. The molecule has 0 heterocycles. The lowest BCUT2D eigenvalue weighted by atomic mass is 9.79. The van der Waals surface area contributed by atoms with Gasteiger partial charge in [0.2, 0.25) is 35.3 Å². The zero-order valence-electron chi connectivity index (χ0n) is 18.1. The second-order valence-electron chi connectivity index (χ2n) is 7.21. The van der Waals surface area contributed by atoms with Crippen LogP contribution in [0.2, 0.25) is 0 Å². The van der Waals surface area contributed by atoms with E-state index < -0.39 is 40.7 Å². The highest BCUT2D eigenvalue weighted by Gasteiger charge is 2.55. The molecule has 0 saturated carbocycles. The van der Waals surface area contributed by atoms with Crippen molar-refractivity contribution in [1.82, 2.24) is 21.3 Å². The van der Waals surface area contributed by atoms with E-state index in [2.05, 4.69) is 21.3 Å². The van der Waals surface area contributed by atoms with Crippen molar-refractivity contribution in [2.75, 3.05) is 6.54 Å². The monoisotopic (exact) mass is 413 g/mol. The maximum absolute atomic E-state index is 12.6. The second kappa shape index (κ2) is 12.0. The minimum absolute atomic E-state index is 0.0329. The SMILES string of the molecule is CCCCC(=O)NC(NC(=O)CC)(NC(=O)CCC)C(C)(CNC(C)=O)C(N)=O. The fourth-order valence-corrected chi connectivity index (χ4v) is 2.62. The van der Waals surface area contributed by atoms with Gasteiger partial charge in [-0.15, -0.1) is 0 Å². The highest BCUT2D eigenvalue weighted by atomic mass is 16.2. The van der Waals surface area contributed by atoms with E-state index in [4.69, 9.17) is 5.73 Å². The summed E-state index contributed by atoms with van der Waals surface area (Å²) < 4.78 is 0. The van der Waals surface area contributed by atoms with Crippen molar-refractivity contribution in [2.24, 2.45) is 11.1 Å². The van der Waals surface area contributed by atoms with Crippen molar-refractivity contribution in [3.63, 3.8) is 0 Å². The summed E-state index contributed by atoms with van der Waals surface area (Å²) >= 11 is 0. The van der Waals surface area contributed by atoms with Crippen LogP contribution in [0.15, 0.2) is 0 Å². The third kappa shape index (κ3) is 7.71. The fourth-order valence-electron chi connectivity index (χ4n) is 2.62. The lowest BCUT2D eigenvalue weighted by Crippen LogP contribution is -2.81. The van der Waals surface area contributed by atoms with Gasteiger partial charge >= 0.3 is 0 Å². The maximum Gasteiger partial charge on any atom is 0.231 e. The van der Waals surface area contributed by atoms with E-state index in [0.717, 1.165) is 6.42 Å². The Bertz CT molecular complexity index is 624. The molecule has 0 aromatic carbocycles. The van der Waals surface area contributed by atoms with E-state index in [9.17, 15) is 24.0 Å². The number of amides is 5. The highest BCUT2D eigenvalue weighted by Crippen LogP contribution is 2.28. The predicted molar refractivity (Wildman–Crippen MR) is 108 cm³/mol. The molecule has 0 radical (unpaired) electrons. The van der Waals surface area contributed by atoms with E-state index in [0.29, 0.717) is 12.8 Å². The van der Waals surface area contributed by atoms with Crippen LogP contribution in [-0.2, 0) is 24.0 Å². The molecule has 0 aliphatic heterocycles. The summed E-state index contributed by atoms with van der Waals surface area (Å²) in [6.07, 6.45) is 2.09. The Kier molecular flexibility index (Phi) is 10.9. The molecule has 0 spiro atoms. The van der Waals surface area contributed by atoms with Gasteiger partial charge in [0, 0.05) is 32.7 Å². The van der Waals surface area contributed by atoms with Gasteiger partial charge in [0.15, 0.2) is 0 Å². The summed E-state index contributed by atoms with van der Waals surface area (Å²) in [5.41, 5.74) is 3.89. The minimum Gasteiger partial charge on any atom is -0.369 e. The molecular formula is C19H35N5O5. The van der Waals surface area contributed by atoms with Gasteiger partial charge < -0.3 is 27.0 Å². The number of rotatable bonds is 13. The summed E-state index contributed by atoms with van der Waals surface area (Å²) in [6, 6.07) is 0. The zero-order valence-corrected chi connectivity index (χ0v) is 18.1. The lowest BCUT2D eigenvalue weighted by molar-refractivity contribution is -0.145. The molecule has 166 valence electrons. The maximum atomic E-state index is 12.6. The molecule has 0 rings (SSSR count). The topological polar surface area (TPSA) is 159 Å². The molecule has 0 aliphatic carbocycles. The van der Waals surface area contributed by atoms with Gasteiger partial charge in [-0.3, -0.25) is 24.0 Å². The average molecular weight is 414 g/mol. The van der Waals surface area contributed by atoms with Gasteiger partial charge in [0.1, 0.15) is 5.41 Å². The van der Waals surface area contributed by atoms with Crippen LogP contribution in [0.3, 0.4) is 0 Å². The molecule has 0 aliphatic rings. The molecule has 2 unspecified atom stereocenters. The number of primary amides is 1. The number of carbonyl (C=O) groups is 5. The molecule has 2 atom stereocenters. The van der Waals surface area contributed by atoms with Crippen LogP contribution < -0.4 is 27.0 Å². The van der Waals surface area contributed by atoms with Crippen LogP contribution in [-0.4, -0.2) is 41.9 Å². The minimum atomic E-state index is -2.01. The first-order valence-electron chi connectivity index (χ1n) is 9.95. The molecule has 0 aromatic rings. The first-order chi connectivity index (χ1) is 13.5. The van der Waals surface area contributed by atoms with Gasteiger partial charge in [0.25, 0.3) is 0 Å². The quantitative estimate of drug-likeness (QED) is 0.269. The first-order valence-corrected chi connectivity index (χ1v) is 9.95. The molecule has 10 nitrogen and oxygen atoms in total. The van der Waals surface area contributed by atoms with Crippen LogP contribution >= 0.6 is 0 Å². The molecule has 0 aromatic heterocycles. The number of nitrogens with two attached hydrogens (primary N) is 1. The fraction of sp³-hybridized carbons (Fsp3) is 0.737. The van der Waals surface area contributed by atoms with E-state index >= 15 is 0 Å². The summed E-state index contributed by atoms with van der Waals surface area (Å²) in [4.78, 5) is 61.4. The Morgan fingerprint density at radius 1 is 0.828 bits per heavy atom. The average Bonchev–Trinajstić information content (AvgIpc) is 2.63. The molecule has 0 fully saturated rings. The van der Waals surface area contributed by atoms with E-state index in [1.54, 1.807) is 13.8 Å². The molecule has 10 heteroatoms. The third-order valence-electron chi connectivity index (χ3n) is 4.60. The van der Waals surface area contributed by atoms with Crippen molar-refractivity contribution in [2.45, 2.75) is 78.9 Å². The van der Waals surface area contributed by atoms with Gasteiger partial charge in [-0.05, 0) is 19.8 Å². The Balaban J connectivity index is 6.40. The van der Waals surface area contributed by atoms with Crippen LogP contribution in [0.1, 0.15) is 73.1 Å². The van der Waals surface area contributed by atoms with Gasteiger partial charge in [-0.25, -0.2) is 0 Å². The lowest BCUT2D eigenvalue weighted by Gasteiger charge is -2.47. The van der Waals surface area contributed by atoms with Gasteiger partial charge in [-0.2, -0.15) is 0 Å². The second-order valence-corrected chi connectivity index (χ2v) is 7.21.